The van der Waals surface area contributed by atoms with E-state index in [0.717, 1.165) is 12.5 Å². The first-order valence-corrected chi connectivity index (χ1v) is 8.43. The largest absolute Gasteiger partial charge is 0.389 e. The van der Waals surface area contributed by atoms with Crippen LogP contribution in [0, 0.1) is 5.92 Å². The molecule has 2 bridgehead atoms. The van der Waals surface area contributed by atoms with Gasteiger partial charge in [-0.15, -0.1) is 11.3 Å². The van der Waals surface area contributed by atoms with E-state index >= 15 is 0 Å². The van der Waals surface area contributed by atoms with Crippen LogP contribution >= 0.6 is 11.3 Å². The highest BCUT2D eigenvalue weighted by molar-refractivity contribution is 7.09. The fourth-order valence-electron chi connectivity index (χ4n) is 3.23. The molecular weight excluding hydrogens is 272 g/mol. The van der Waals surface area contributed by atoms with Gasteiger partial charge in [0.25, 0.3) is 0 Å². The Kier molecular flexibility index (Phi) is 5.07. The van der Waals surface area contributed by atoms with Crippen molar-refractivity contribution in [3.05, 3.63) is 22.4 Å². The van der Waals surface area contributed by atoms with Crippen molar-refractivity contribution in [2.45, 2.75) is 31.6 Å². The Morgan fingerprint density at radius 2 is 2.30 bits per heavy atom. The van der Waals surface area contributed by atoms with Gasteiger partial charge >= 0.3 is 0 Å². The Morgan fingerprint density at radius 3 is 2.95 bits per heavy atom. The van der Waals surface area contributed by atoms with Gasteiger partial charge in [-0.1, -0.05) is 6.07 Å². The standard InChI is InChI=1S/C15H24N2O2S/c18-13(10-19-11-14-2-1-7-20-14)8-16-15-9-17-5-3-12(15)4-6-17/h1-2,7,12-13,15-16,18H,3-6,8-11H2. The highest BCUT2D eigenvalue weighted by Gasteiger charge is 2.33. The number of piperidine rings is 3. The summed E-state index contributed by atoms with van der Waals surface area (Å²) in [5, 5.41) is 15.6. The fourth-order valence-corrected chi connectivity index (χ4v) is 3.87. The Hall–Kier alpha value is -0.460. The van der Waals surface area contributed by atoms with Crippen LogP contribution in [0.2, 0.25) is 0 Å². The molecular formula is C15H24N2O2S. The number of aliphatic hydroxyl groups is 1. The Balaban J connectivity index is 1.32. The lowest BCUT2D eigenvalue weighted by Crippen LogP contribution is -2.57. The van der Waals surface area contributed by atoms with Crippen LogP contribution in [0.15, 0.2) is 17.5 Å². The first-order valence-electron chi connectivity index (χ1n) is 7.55. The molecule has 1 aromatic heterocycles. The zero-order valence-electron chi connectivity index (χ0n) is 11.8. The van der Waals surface area contributed by atoms with Crippen LogP contribution in [0.4, 0.5) is 0 Å². The number of thiophene rings is 1. The molecule has 4 nitrogen and oxygen atoms in total. The smallest absolute Gasteiger partial charge is 0.0897 e. The minimum atomic E-state index is -0.412. The maximum absolute atomic E-state index is 9.98. The third-order valence-electron chi connectivity index (χ3n) is 4.41. The summed E-state index contributed by atoms with van der Waals surface area (Å²) in [4.78, 5) is 3.74. The monoisotopic (exact) mass is 296 g/mol. The number of hydrogen-bond donors (Lipinski definition) is 2. The summed E-state index contributed by atoms with van der Waals surface area (Å²) in [5.74, 6) is 0.805. The molecule has 0 amide bonds. The second kappa shape index (κ2) is 7.00. The average molecular weight is 296 g/mol. The van der Waals surface area contributed by atoms with E-state index in [-0.39, 0.29) is 0 Å². The molecule has 3 aliphatic rings. The van der Waals surface area contributed by atoms with Crippen LogP contribution in [0.25, 0.3) is 0 Å². The molecule has 5 heteroatoms. The van der Waals surface area contributed by atoms with E-state index < -0.39 is 6.10 Å². The van der Waals surface area contributed by atoms with Gasteiger partial charge in [-0.05, 0) is 43.3 Å². The van der Waals surface area contributed by atoms with E-state index in [9.17, 15) is 5.11 Å². The molecule has 20 heavy (non-hydrogen) atoms. The molecule has 0 spiro atoms. The number of nitrogens with one attached hydrogen (secondary N) is 1. The molecule has 3 fully saturated rings. The zero-order chi connectivity index (χ0) is 13.8. The van der Waals surface area contributed by atoms with Gasteiger partial charge in [0, 0.05) is 24.0 Å². The number of hydrogen-bond acceptors (Lipinski definition) is 5. The first-order chi connectivity index (χ1) is 9.81. The Bertz CT molecular complexity index is 391. The van der Waals surface area contributed by atoms with Gasteiger partial charge < -0.3 is 20.1 Å². The van der Waals surface area contributed by atoms with Crippen LogP contribution in [0.3, 0.4) is 0 Å². The van der Waals surface area contributed by atoms with Crippen molar-refractivity contribution < 1.29 is 9.84 Å². The predicted molar refractivity (Wildman–Crippen MR) is 80.9 cm³/mol. The lowest BCUT2D eigenvalue weighted by Gasteiger charge is -2.45. The van der Waals surface area contributed by atoms with Crippen LogP contribution < -0.4 is 5.32 Å². The maximum Gasteiger partial charge on any atom is 0.0897 e. The lowest BCUT2D eigenvalue weighted by molar-refractivity contribution is 0.0190. The maximum atomic E-state index is 9.98. The van der Waals surface area contributed by atoms with Gasteiger partial charge in [0.15, 0.2) is 0 Å². The van der Waals surface area contributed by atoms with Gasteiger partial charge in [-0.25, -0.2) is 0 Å². The lowest BCUT2D eigenvalue weighted by atomic mass is 9.84. The summed E-state index contributed by atoms with van der Waals surface area (Å²) in [6.07, 6.45) is 2.20. The number of ether oxygens (including phenoxy) is 1. The molecule has 4 rings (SSSR count). The molecule has 4 heterocycles. The molecule has 2 unspecified atom stereocenters. The first kappa shape index (κ1) is 14.5. The Morgan fingerprint density at radius 1 is 1.45 bits per heavy atom. The minimum Gasteiger partial charge on any atom is -0.389 e. The second-order valence-electron chi connectivity index (χ2n) is 5.90. The van der Waals surface area contributed by atoms with Crippen LogP contribution in [-0.4, -0.2) is 54.9 Å². The van der Waals surface area contributed by atoms with E-state index in [0.29, 0.717) is 25.8 Å². The predicted octanol–water partition coefficient (Wildman–Crippen LogP) is 1.31. The van der Waals surface area contributed by atoms with E-state index in [4.69, 9.17) is 4.74 Å². The van der Waals surface area contributed by atoms with Crippen molar-refractivity contribution in [1.82, 2.24) is 10.2 Å². The molecule has 112 valence electrons. The fraction of sp³-hybridized carbons (Fsp3) is 0.733. The summed E-state index contributed by atoms with van der Waals surface area (Å²) < 4.78 is 5.55. The van der Waals surface area contributed by atoms with Crippen molar-refractivity contribution in [3.63, 3.8) is 0 Å². The van der Waals surface area contributed by atoms with Crippen molar-refractivity contribution in [2.75, 3.05) is 32.8 Å². The van der Waals surface area contributed by atoms with E-state index in [1.807, 2.05) is 11.4 Å². The second-order valence-corrected chi connectivity index (χ2v) is 6.93. The van der Waals surface area contributed by atoms with Gasteiger partial charge in [0.2, 0.25) is 0 Å². The summed E-state index contributed by atoms with van der Waals surface area (Å²) in [5.41, 5.74) is 0. The van der Waals surface area contributed by atoms with Crippen molar-refractivity contribution in [1.29, 1.82) is 0 Å². The third-order valence-corrected chi connectivity index (χ3v) is 5.26. The van der Waals surface area contributed by atoms with Crippen molar-refractivity contribution in [3.8, 4) is 0 Å². The minimum absolute atomic E-state index is 0.409. The SMILES string of the molecule is OC(CNC1CN2CCC1CC2)COCc1cccs1. The molecule has 2 N–H and O–H groups in total. The van der Waals surface area contributed by atoms with E-state index in [1.54, 1.807) is 11.3 Å². The molecule has 1 aromatic rings. The normalized spacial score (nSPS) is 30.6. The number of aliphatic hydroxyl groups excluding tert-OH is 1. The number of nitrogens with zero attached hydrogens (tertiary/aromatic N) is 1. The molecule has 0 saturated carbocycles. The molecule has 0 aliphatic carbocycles. The average Bonchev–Trinajstić information content (AvgIpc) is 3.00. The highest BCUT2D eigenvalue weighted by Crippen LogP contribution is 2.27. The van der Waals surface area contributed by atoms with Crippen LogP contribution in [0.5, 0.6) is 0 Å². The topological polar surface area (TPSA) is 44.7 Å². The van der Waals surface area contributed by atoms with E-state index in [2.05, 4.69) is 16.3 Å². The van der Waals surface area contributed by atoms with Gasteiger partial charge in [0.1, 0.15) is 0 Å². The molecule has 3 saturated heterocycles. The summed E-state index contributed by atoms with van der Waals surface area (Å²) >= 11 is 1.69. The van der Waals surface area contributed by atoms with Crippen LogP contribution in [0.1, 0.15) is 17.7 Å². The molecule has 0 aromatic carbocycles. The highest BCUT2D eigenvalue weighted by atomic mass is 32.1. The zero-order valence-corrected chi connectivity index (χ0v) is 12.6. The van der Waals surface area contributed by atoms with Gasteiger partial charge in [-0.3, -0.25) is 0 Å². The third kappa shape index (κ3) is 3.80. The quantitative estimate of drug-likeness (QED) is 0.796. The summed E-state index contributed by atoms with van der Waals surface area (Å²) in [6.45, 7) is 5.32. The van der Waals surface area contributed by atoms with E-state index in [1.165, 1.54) is 30.8 Å². The van der Waals surface area contributed by atoms with Crippen molar-refractivity contribution >= 4 is 11.3 Å². The Labute approximate surface area is 124 Å². The number of rotatable bonds is 7. The number of fused-ring (bicyclic) bond motifs is 3. The van der Waals surface area contributed by atoms with Crippen molar-refractivity contribution in [2.24, 2.45) is 5.92 Å². The van der Waals surface area contributed by atoms with Gasteiger partial charge in [-0.2, -0.15) is 0 Å². The van der Waals surface area contributed by atoms with Crippen LogP contribution in [-0.2, 0) is 11.3 Å². The summed E-state index contributed by atoms with van der Waals surface area (Å²) in [6, 6.07) is 4.64. The molecule has 3 aliphatic heterocycles. The molecule has 0 radical (unpaired) electrons. The summed E-state index contributed by atoms with van der Waals surface area (Å²) in [7, 11) is 0. The van der Waals surface area contributed by atoms with Gasteiger partial charge in [0.05, 0.1) is 19.3 Å². The molecule has 2 atom stereocenters.